The molecular formula is C19H30N2O5. The number of Topliss-reactive ketones (excluding diaryl/α,β-unsaturated/α-hetero) is 1. The van der Waals surface area contributed by atoms with E-state index in [2.05, 4.69) is 0 Å². The quantitative estimate of drug-likeness (QED) is 0.494. The lowest BCUT2D eigenvalue weighted by Crippen LogP contribution is -2.38. The van der Waals surface area contributed by atoms with Gasteiger partial charge in [-0.3, -0.25) is 9.59 Å². The van der Waals surface area contributed by atoms with E-state index in [0.717, 1.165) is 0 Å². The number of amides is 1. The normalized spacial score (nSPS) is 10.9. The van der Waals surface area contributed by atoms with Crippen LogP contribution in [0.15, 0.2) is 0 Å². The number of methoxy groups -OCH3 is 2. The van der Waals surface area contributed by atoms with Gasteiger partial charge in [0.05, 0.1) is 20.3 Å². The van der Waals surface area contributed by atoms with Gasteiger partial charge in [-0.1, -0.05) is 13.8 Å². The van der Waals surface area contributed by atoms with Crippen molar-refractivity contribution in [1.82, 2.24) is 9.47 Å². The summed E-state index contributed by atoms with van der Waals surface area (Å²) in [5.74, 6) is -0.558. The highest BCUT2D eigenvalue weighted by molar-refractivity contribution is 6.04. The van der Waals surface area contributed by atoms with E-state index < -0.39 is 5.97 Å². The highest BCUT2D eigenvalue weighted by Crippen LogP contribution is 2.23. The number of ketones is 1. The van der Waals surface area contributed by atoms with Crippen LogP contribution >= 0.6 is 0 Å². The van der Waals surface area contributed by atoms with E-state index in [0.29, 0.717) is 42.1 Å². The van der Waals surface area contributed by atoms with Crippen molar-refractivity contribution in [3.63, 3.8) is 0 Å². The zero-order valence-electron chi connectivity index (χ0n) is 16.8. The van der Waals surface area contributed by atoms with Gasteiger partial charge in [0.1, 0.15) is 5.69 Å². The summed E-state index contributed by atoms with van der Waals surface area (Å²) >= 11 is 0. The van der Waals surface area contributed by atoms with Crippen LogP contribution in [0, 0.1) is 19.8 Å². The molecule has 1 heterocycles. The second-order valence-corrected chi connectivity index (χ2v) is 6.81. The van der Waals surface area contributed by atoms with Crippen molar-refractivity contribution in [2.24, 2.45) is 13.0 Å². The zero-order valence-corrected chi connectivity index (χ0v) is 16.8. The predicted octanol–water partition coefficient (Wildman–Crippen LogP) is 2.13. The lowest BCUT2D eigenvalue weighted by Gasteiger charge is -2.23. The molecule has 0 bridgehead atoms. The number of ether oxygens (including phenoxy) is 2. The first-order valence-corrected chi connectivity index (χ1v) is 8.69. The fraction of sp³-hybridized carbons (Fsp3) is 0.632. The molecule has 0 radical (unpaired) electrons. The molecule has 1 rings (SSSR count). The third-order valence-corrected chi connectivity index (χ3v) is 4.42. The van der Waals surface area contributed by atoms with E-state index in [1.54, 1.807) is 32.6 Å². The Labute approximate surface area is 155 Å². The molecular weight excluding hydrogens is 336 g/mol. The Bertz CT molecular complexity index is 676. The van der Waals surface area contributed by atoms with Crippen molar-refractivity contribution in [3.05, 3.63) is 22.5 Å². The van der Waals surface area contributed by atoms with Gasteiger partial charge in [-0.2, -0.15) is 0 Å². The number of rotatable bonds is 9. The van der Waals surface area contributed by atoms with Gasteiger partial charge in [0, 0.05) is 38.4 Å². The Morgan fingerprint density at radius 2 is 1.77 bits per heavy atom. The highest BCUT2D eigenvalue weighted by atomic mass is 16.5. The molecule has 1 aromatic heterocycles. The molecule has 0 aliphatic carbocycles. The molecule has 0 aromatic carbocycles. The molecule has 0 spiro atoms. The molecule has 0 saturated carbocycles. The summed E-state index contributed by atoms with van der Waals surface area (Å²) in [5, 5.41) is 0. The van der Waals surface area contributed by atoms with Crippen LogP contribution in [0.5, 0.6) is 0 Å². The summed E-state index contributed by atoms with van der Waals surface area (Å²) in [7, 11) is 4.59. The molecule has 0 atom stereocenters. The maximum absolute atomic E-state index is 12.9. The van der Waals surface area contributed by atoms with Gasteiger partial charge in [0.25, 0.3) is 0 Å². The largest absolute Gasteiger partial charge is 0.464 e. The number of carbonyl (C=O) groups excluding carboxylic acids is 3. The van der Waals surface area contributed by atoms with Crippen LogP contribution in [0.25, 0.3) is 0 Å². The number of esters is 1. The van der Waals surface area contributed by atoms with Crippen LogP contribution in [0.2, 0.25) is 0 Å². The number of hydrogen-bond donors (Lipinski definition) is 0. The molecule has 1 amide bonds. The molecule has 0 aliphatic heterocycles. The Morgan fingerprint density at radius 3 is 2.27 bits per heavy atom. The summed E-state index contributed by atoms with van der Waals surface area (Å²) < 4.78 is 11.5. The van der Waals surface area contributed by atoms with Crippen molar-refractivity contribution in [2.45, 2.75) is 34.1 Å². The van der Waals surface area contributed by atoms with Gasteiger partial charge >= 0.3 is 5.97 Å². The Kier molecular flexibility index (Phi) is 8.02. The molecule has 26 heavy (non-hydrogen) atoms. The Morgan fingerprint density at radius 1 is 1.15 bits per heavy atom. The van der Waals surface area contributed by atoms with Crippen LogP contribution in [0.1, 0.15) is 52.4 Å². The average molecular weight is 366 g/mol. The summed E-state index contributed by atoms with van der Waals surface area (Å²) in [4.78, 5) is 38.9. The first-order valence-electron chi connectivity index (χ1n) is 8.69. The Balaban J connectivity index is 3.13. The van der Waals surface area contributed by atoms with Crippen LogP contribution in [-0.2, 0) is 21.3 Å². The molecule has 7 heteroatoms. The van der Waals surface area contributed by atoms with Crippen molar-refractivity contribution < 1.29 is 23.9 Å². The highest BCUT2D eigenvalue weighted by Gasteiger charge is 2.27. The number of aromatic nitrogens is 1. The van der Waals surface area contributed by atoms with E-state index in [4.69, 9.17) is 9.47 Å². The third-order valence-electron chi connectivity index (χ3n) is 4.42. The third kappa shape index (κ3) is 4.94. The van der Waals surface area contributed by atoms with E-state index >= 15 is 0 Å². The minimum absolute atomic E-state index is 0.0405. The van der Waals surface area contributed by atoms with Gasteiger partial charge in [0.2, 0.25) is 5.91 Å². The van der Waals surface area contributed by atoms with Gasteiger partial charge in [-0.15, -0.1) is 0 Å². The maximum Gasteiger partial charge on any atom is 0.354 e. The standard InChI is InChI=1S/C19H30N2O5/c1-12(2)10-16(23)21(8-9-25-6)11-15(22)17-13(3)18(19(24)26-7)20(5)14(17)4/h12H,8-11H2,1-7H3. The smallest absolute Gasteiger partial charge is 0.354 e. The molecule has 146 valence electrons. The summed E-state index contributed by atoms with van der Waals surface area (Å²) in [6.07, 6.45) is 0.372. The zero-order chi connectivity index (χ0) is 20.0. The maximum atomic E-state index is 12.9. The molecule has 0 unspecified atom stereocenters. The number of carbonyl (C=O) groups is 3. The van der Waals surface area contributed by atoms with E-state index in [-0.39, 0.29) is 24.2 Å². The summed E-state index contributed by atoms with van der Waals surface area (Å²) in [6.45, 7) is 8.09. The van der Waals surface area contributed by atoms with Crippen LogP contribution in [0.4, 0.5) is 0 Å². The topological polar surface area (TPSA) is 77.8 Å². The lowest BCUT2D eigenvalue weighted by atomic mass is 10.0. The lowest BCUT2D eigenvalue weighted by molar-refractivity contribution is -0.132. The van der Waals surface area contributed by atoms with Crippen molar-refractivity contribution in [2.75, 3.05) is 33.9 Å². The second-order valence-electron chi connectivity index (χ2n) is 6.81. The van der Waals surface area contributed by atoms with E-state index in [1.165, 1.54) is 12.0 Å². The SMILES string of the molecule is COCCN(CC(=O)c1c(C)c(C(=O)OC)n(C)c1C)C(=O)CC(C)C. The second kappa shape index (κ2) is 9.52. The molecule has 0 aliphatic rings. The number of nitrogens with zero attached hydrogens (tertiary/aromatic N) is 2. The van der Waals surface area contributed by atoms with Crippen LogP contribution in [-0.4, -0.2) is 61.0 Å². The fourth-order valence-electron chi connectivity index (χ4n) is 3.00. The monoisotopic (exact) mass is 366 g/mol. The van der Waals surface area contributed by atoms with Gasteiger partial charge in [0.15, 0.2) is 5.78 Å². The average Bonchev–Trinajstić information content (AvgIpc) is 2.79. The fourth-order valence-corrected chi connectivity index (χ4v) is 3.00. The van der Waals surface area contributed by atoms with E-state index in [9.17, 15) is 14.4 Å². The van der Waals surface area contributed by atoms with Gasteiger partial charge in [-0.25, -0.2) is 4.79 Å². The predicted molar refractivity (Wildman–Crippen MR) is 98.5 cm³/mol. The summed E-state index contributed by atoms with van der Waals surface area (Å²) in [5.41, 5.74) is 2.07. The molecule has 0 fully saturated rings. The minimum atomic E-state index is -0.487. The van der Waals surface area contributed by atoms with Crippen molar-refractivity contribution in [3.8, 4) is 0 Å². The van der Waals surface area contributed by atoms with Gasteiger partial charge in [-0.05, 0) is 25.3 Å². The molecule has 0 N–H and O–H groups in total. The first-order chi connectivity index (χ1) is 12.1. The van der Waals surface area contributed by atoms with E-state index in [1.807, 2.05) is 13.8 Å². The van der Waals surface area contributed by atoms with Gasteiger partial charge < -0.3 is 18.9 Å². The Hall–Kier alpha value is -2.15. The molecule has 0 saturated heterocycles. The van der Waals surface area contributed by atoms with Crippen LogP contribution < -0.4 is 0 Å². The first kappa shape index (κ1) is 21.9. The van der Waals surface area contributed by atoms with Crippen LogP contribution in [0.3, 0.4) is 0 Å². The molecule has 7 nitrogen and oxygen atoms in total. The van der Waals surface area contributed by atoms with Crippen molar-refractivity contribution >= 4 is 17.7 Å². The minimum Gasteiger partial charge on any atom is -0.464 e. The summed E-state index contributed by atoms with van der Waals surface area (Å²) in [6, 6.07) is 0. The number of hydrogen-bond acceptors (Lipinski definition) is 5. The van der Waals surface area contributed by atoms with Crippen molar-refractivity contribution in [1.29, 1.82) is 0 Å². The molecule has 1 aromatic rings.